The molecule has 35 heavy (non-hydrogen) atoms. The Morgan fingerprint density at radius 1 is 1.00 bits per heavy atom. The lowest BCUT2D eigenvalue weighted by atomic mass is 9.98. The van der Waals surface area contributed by atoms with E-state index in [0.29, 0.717) is 0 Å². The van der Waals surface area contributed by atoms with Gasteiger partial charge in [-0.15, -0.1) is 0 Å². The monoisotopic (exact) mass is 462 g/mol. The van der Waals surface area contributed by atoms with Gasteiger partial charge >= 0.3 is 0 Å². The normalized spacial score (nSPS) is 11.6. The molecule has 0 spiro atoms. The third-order valence-electron chi connectivity index (χ3n) is 6.56. The molecule has 2 aromatic carbocycles. The first-order valence-corrected chi connectivity index (χ1v) is 11.7. The second kappa shape index (κ2) is 8.48. The number of aromatic amines is 2. The van der Waals surface area contributed by atoms with Crippen LogP contribution >= 0.6 is 0 Å². The predicted octanol–water partition coefficient (Wildman–Crippen LogP) is 5.08. The fourth-order valence-electron chi connectivity index (χ4n) is 4.60. The van der Waals surface area contributed by atoms with E-state index < -0.39 is 0 Å². The molecule has 0 saturated carbocycles. The number of para-hydroxylation sites is 1. The van der Waals surface area contributed by atoms with Crippen LogP contribution in [0.5, 0.6) is 0 Å². The van der Waals surface area contributed by atoms with Gasteiger partial charge in [-0.05, 0) is 61.3 Å². The lowest BCUT2D eigenvalue weighted by Crippen LogP contribution is -2.13. The van der Waals surface area contributed by atoms with Gasteiger partial charge in [-0.2, -0.15) is 5.10 Å². The highest BCUT2D eigenvalue weighted by atomic mass is 15.1. The van der Waals surface area contributed by atoms with Crippen molar-refractivity contribution in [1.82, 2.24) is 40.0 Å². The van der Waals surface area contributed by atoms with Crippen LogP contribution < -0.4 is 5.32 Å². The molecule has 174 valence electrons. The number of hydrogen-bond acceptors (Lipinski definition) is 5. The van der Waals surface area contributed by atoms with E-state index in [0.717, 1.165) is 69.1 Å². The summed E-state index contributed by atoms with van der Waals surface area (Å²) >= 11 is 0. The molecule has 6 rings (SSSR count). The van der Waals surface area contributed by atoms with Gasteiger partial charge in [-0.1, -0.05) is 19.1 Å². The minimum absolute atomic E-state index is 0.726. The number of fused-ring (bicyclic) bond motifs is 2. The fraction of sp³-hybridized carbons (Fsp3) is 0.185. The molecule has 0 atom stereocenters. The molecule has 0 aliphatic rings. The molecule has 0 radical (unpaired) electrons. The number of aromatic nitrogens is 7. The summed E-state index contributed by atoms with van der Waals surface area (Å²) in [5.41, 5.74) is 10.3. The standard InChI is InChI=1S/C27H26N8/c1-4-28-12-19-13-29-14-21(17(19)3)18-8-9-22-20(10-18)25(34-33-22)27-31-23-6-5-7-24(26(23)32-27)35-15-30-11-16(35)2/h5-11,13-15,28H,4,12H2,1-3H3,(H,31,32)(H,33,34). The minimum Gasteiger partial charge on any atom is -0.336 e. The molecule has 0 saturated heterocycles. The van der Waals surface area contributed by atoms with Gasteiger partial charge in [0, 0.05) is 41.8 Å². The number of rotatable bonds is 6. The molecule has 4 heterocycles. The fourth-order valence-corrected chi connectivity index (χ4v) is 4.60. The average Bonchev–Trinajstić information content (AvgIpc) is 3.60. The van der Waals surface area contributed by atoms with Gasteiger partial charge < -0.3 is 14.9 Å². The second-order valence-electron chi connectivity index (χ2n) is 8.75. The van der Waals surface area contributed by atoms with Crippen molar-refractivity contribution in [1.29, 1.82) is 0 Å². The highest BCUT2D eigenvalue weighted by Gasteiger charge is 2.17. The van der Waals surface area contributed by atoms with Crippen molar-refractivity contribution in [2.45, 2.75) is 27.3 Å². The van der Waals surface area contributed by atoms with Gasteiger partial charge in [-0.3, -0.25) is 10.1 Å². The third-order valence-corrected chi connectivity index (χ3v) is 6.56. The molecule has 6 aromatic rings. The molecule has 3 N–H and O–H groups in total. The summed E-state index contributed by atoms with van der Waals surface area (Å²) in [5, 5.41) is 12.2. The number of hydrogen-bond donors (Lipinski definition) is 3. The summed E-state index contributed by atoms with van der Waals surface area (Å²) in [4.78, 5) is 17.2. The van der Waals surface area contributed by atoms with E-state index in [1.165, 1.54) is 11.1 Å². The SMILES string of the molecule is CCNCc1cncc(-c2ccc3[nH]nc(-c4nc5c(-n6cncc6C)cccc5[nH]4)c3c2)c1C. The number of nitrogens with zero attached hydrogens (tertiary/aromatic N) is 5. The summed E-state index contributed by atoms with van der Waals surface area (Å²) in [6.45, 7) is 8.03. The lowest BCUT2D eigenvalue weighted by Gasteiger charge is -2.11. The smallest absolute Gasteiger partial charge is 0.159 e. The van der Waals surface area contributed by atoms with Crippen molar-refractivity contribution in [2.75, 3.05) is 6.54 Å². The Bertz CT molecular complexity index is 1670. The van der Waals surface area contributed by atoms with E-state index in [4.69, 9.17) is 4.98 Å². The molecule has 0 bridgehead atoms. The number of H-pyrrole nitrogens is 2. The Kier molecular flexibility index (Phi) is 5.15. The Morgan fingerprint density at radius 3 is 2.74 bits per heavy atom. The van der Waals surface area contributed by atoms with Crippen molar-refractivity contribution < 1.29 is 0 Å². The number of aryl methyl sites for hydroxylation is 1. The maximum atomic E-state index is 4.96. The van der Waals surface area contributed by atoms with Crippen LogP contribution in [0, 0.1) is 13.8 Å². The van der Waals surface area contributed by atoms with E-state index in [2.05, 4.69) is 68.6 Å². The third kappa shape index (κ3) is 3.59. The average molecular weight is 463 g/mol. The summed E-state index contributed by atoms with van der Waals surface area (Å²) in [7, 11) is 0. The van der Waals surface area contributed by atoms with Crippen molar-refractivity contribution in [3.8, 4) is 28.3 Å². The molecule has 0 fully saturated rings. The first-order chi connectivity index (χ1) is 17.1. The van der Waals surface area contributed by atoms with E-state index in [1.807, 2.05) is 48.5 Å². The molecule has 8 heteroatoms. The molecule has 0 aliphatic heterocycles. The van der Waals surface area contributed by atoms with Gasteiger partial charge in [0.1, 0.15) is 11.2 Å². The number of benzene rings is 2. The zero-order valence-electron chi connectivity index (χ0n) is 19.9. The zero-order chi connectivity index (χ0) is 23.9. The molecule has 0 unspecified atom stereocenters. The summed E-state index contributed by atoms with van der Waals surface area (Å²) in [6.07, 6.45) is 7.54. The highest BCUT2D eigenvalue weighted by molar-refractivity contribution is 5.96. The zero-order valence-corrected chi connectivity index (χ0v) is 19.9. The van der Waals surface area contributed by atoms with Crippen molar-refractivity contribution in [2.24, 2.45) is 0 Å². The Balaban J connectivity index is 1.46. The Morgan fingerprint density at radius 2 is 1.91 bits per heavy atom. The van der Waals surface area contributed by atoms with Crippen molar-refractivity contribution in [3.63, 3.8) is 0 Å². The first-order valence-electron chi connectivity index (χ1n) is 11.7. The lowest BCUT2D eigenvalue weighted by molar-refractivity contribution is 0.721. The molecular weight excluding hydrogens is 436 g/mol. The van der Waals surface area contributed by atoms with Gasteiger partial charge in [0.25, 0.3) is 0 Å². The second-order valence-corrected chi connectivity index (χ2v) is 8.75. The molecule has 8 nitrogen and oxygen atoms in total. The van der Waals surface area contributed by atoms with Crippen LogP contribution in [0.1, 0.15) is 23.7 Å². The maximum absolute atomic E-state index is 4.96. The van der Waals surface area contributed by atoms with Crippen LogP contribution in [0.4, 0.5) is 0 Å². The molecule has 4 aromatic heterocycles. The summed E-state index contributed by atoms with van der Waals surface area (Å²) in [6, 6.07) is 12.5. The van der Waals surface area contributed by atoms with Gasteiger partial charge in [-0.25, -0.2) is 9.97 Å². The van der Waals surface area contributed by atoms with Gasteiger partial charge in [0.2, 0.25) is 0 Å². The van der Waals surface area contributed by atoms with E-state index >= 15 is 0 Å². The van der Waals surface area contributed by atoms with Crippen LogP contribution in [-0.2, 0) is 6.54 Å². The highest BCUT2D eigenvalue weighted by Crippen LogP contribution is 2.33. The quantitative estimate of drug-likeness (QED) is 0.320. The Hall–Kier alpha value is -4.30. The Labute approximate surface area is 202 Å². The number of imidazole rings is 2. The predicted molar refractivity (Wildman–Crippen MR) is 138 cm³/mol. The minimum atomic E-state index is 0.726. The topological polar surface area (TPSA) is 100 Å². The van der Waals surface area contributed by atoms with Crippen molar-refractivity contribution >= 4 is 21.9 Å². The van der Waals surface area contributed by atoms with E-state index in [1.54, 1.807) is 0 Å². The van der Waals surface area contributed by atoms with Gasteiger partial charge in [0.15, 0.2) is 5.82 Å². The van der Waals surface area contributed by atoms with Crippen LogP contribution in [0.2, 0.25) is 0 Å². The van der Waals surface area contributed by atoms with Gasteiger partial charge in [0.05, 0.1) is 23.0 Å². The van der Waals surface area contributed by atoms with Crippen LogP contribution in [0.15, 0.2) is 61.3 Å². The molecule has 0 aliphatic carbocycles. The number of pyridine rings is 1. The van der Waals surface area contributed by atoms with Crippen molar-refractivity contribution in [3.05, 3.63) is 78.1 Å². The van der Waals surface area contributed by atoms with E-state index in [9.17, 15) is 0 Å². The first kappa shape index (κ1) is 21.2. The maximum Gasteiger partial charge on any atom is 0.159 e. The van der Waals surface area contributed by atoms with E-state index in [-0.39, 0.29) is 0 Å². The summed E-state index contributed by atoms with van der Waals surface area (Å²) in [5.74, 6) is 0.726. The number of nitrogens with one attached hydrogen (secondary N) is 3. The summed E-state index contributed by atoms with van der Waals surface area (Å²) < 4.78 is 2.05. The molecular formula is C27H26N8. The largest absolute Gasteiger partial charge is 0.336 e. The van der Waals surface area contributed by atoms with Crippen LogP contribution in [-0.4, -0.2) is 41.2 Å². The van der Waals surface area contributed by atoms with Crippen LogP contribution in [0.25, 0.3) is 50.3 Å². The molecule has 0 amide bonds. The van der Waals surface area contributed by atoms with Crippen LogP contribution in [0.3, 0.4) is 0 Å².